The van der Waals surface area contributed by atoms with E-state index < -0.39 is 11.7 Å². The third kappa shape index (κ3) is 2.80. The molecule has 2 nitrogen and oxygen atoms in total. The first-order chi connectivity index (χ1) is 8.39. The number of hydrogen-bond donors (Lipinski definition) is 2. The van der Waals surface area contributed by atoms with Gasteiger partial charge in [-0.1, -0.05) is 0 Å². The highest BCUT2D eigenvalue weighted by Gasteiger charge is 2.33. The molecule has 0 aliphatic carbocycles. The van der Waals surface area contributed by atoms with Crippen LogP contribution in [0.2, 0.25) is 0 Å². The Bertz CT molecular complexity index is 442. The van der Waals surface area contributed by atoms with Crippen LogP contribution in [-0.2, 0) is 6.18 Å². The maximum absolute atomic E-state index is 12.7. The van der Waals surface area contributed by atoms with Gasteiger partial charge in [0.2, 0.25) is 0 Å². The van der Waals surface area contributed by atoms with Gasteiger partial charge in [-0.3, -0.25) is 0 Å². The van der Waals surface area contributed by atoms with Gasteiger partial charge in [0, 0.05) is 12.5 Å². The Morgan fingerprint density at radius 1 is 1.33 bits per heavy atom. The smallest absolute Gasteiger partial charge is 0.416 e. The van der Waals surface area contributed by atoms with Gasteiger partial charge in [0.05, 0.1) is 10.0 Å². The number of phenols is 1. The van der Waals surface area contributed by atoms with Gasteiger partial charge in [-0.05, 0) is 53.0 Å². The minimum atomic E-state index is -4.40. The SMILES string of the molecule is Oc1c(Br)cc(C(F)(F)F)cc1C1CCCNC1. The van der Waals surface area contributed by atoms with Crippen LogP contribution in [0, 0.1) is 0 Å². The van der Waals surface area contributed by atoms with Crippen molar-refractivity contribution in [3.8, 4) is 5.75 Å². The van der Waals surface area contributed by atoms with Crippen LogP contribution >= 0.6 is 15.9 Å². The summed E-state index contributed by atoms with van der Waals surface area (Å²) in [7, 11) is 0. The third-order valence-electron chi connectivity index (χ3n) is 3.16. The van der Waals surface area contributed by atoms with Crippen molar-refractivity contribution in [2.24, 2.45) is 0 Å². The lowest BCUT2D eigenvalue weighted by Gasteiger charge is -2.25. The van der Waals surface area contributed by atoms with Crippen molar-refractivity contribution in [2.45, 2.75) is 24.9 Å². The van der Waals surface area contributed by atoms with Crippen molar-refractivity contribution in [2.75, 3.05) is 13.1 Å². The number of piperidine rings is 1. The Kier molecular flexibility index (Phi) is 3.87. The number of phenolic OH excluding ortho intramolecular Hbond substituents is 1. The summed E-state index contributed by atoms with van der Waals surface area (Å²) in [6.45, 7) is 1.47. The second kappa shape index (κ2) is 5.09. The minimum absolute atomic E-state index is 0.0719. The summed E-state index contributed by atoms with van der Waals surface area (Å²) < 4.78 is 38.3. The van der Waals surface area contributed by atoms with E-state index in [0.717, 1.165) is 31.5 Å². The van der Waals surface area contributed by atoms with Crippen LogP contribution in [-0.4, -0.2) is 18.2 Å². The summed E-state index contributed by atoms with van der Waals surface area (Å²) >= 11 is 2.99. The summed E-state index contributed by atoms with van der Waals surface area (Å²) in [6.07, 6.45) is -2.71. The zero-order valence-corrected chi connectivity index (χ0v) is 11.1. The zero-order valence-electron chi connectivity index (χ0n) is 9.52. The first-order valence-corrected chi connectivity index (χ1v) is 6.49. The van der Waals surface area contributed by atoms with E-state index in [2.05, 4.69) is 21.2 Å². The van der Waals surface area contributed by atoms with Gasteiger partial charge < -0.3 is 10.4 Å². The topological polar surface area (TPSA) is 32.3 Å². The van der Waals surface area contributed by atoms with E-state index >= 15 is 0 Å². The first-order valence-electron chi connectivity index (χ1n) is 5.70. The molecule has 6 heteroatoms. The van der Waals surface area contributed by atoms with Gasteiger partial charge in [0.15, 0.2) is 0 Å². The molecule has 0 bridgehead atoms. The predicted octanol–water partition coefficient (Wildman–Crippen LogP) is 3.64. The predicted molar refractivity (Wildman–Crippen MR) is 65.7 cm³/mol. The lowest BCUT2D eigenvalue weighted by molar-refractivity contribution is -0.137. The van der Waals surface area contributed by atoms with Crippen molar-refractivity contribution >= 4 is 15.9 Å². The van der Waals surface area contributed by atoms with Gasteiger partial charge >= 0.3 is 6.18 Å². The van der Waals surface area contributed by atoms with Crippen LogP contribution in [0.5, 0.6) is 5.75 Å². The molecule has 0 amide bonds. The highest BCUT2D eigenvalue weighted by Crippen LogP contribution is 2.41. The molecule has 1 aliphatic heterocycles. The molecule has 1 unspecified atom stereocenters. The molecule has 1 aromatic rings. The number of halogens is 4. The van der Waals surface area contributed by atoms with Gasteiger partial charge in [-0.2, -0.15) is 13.2 Å². The Hall–Kier alpha value is -0.750. The van der Waals surface area contributed by atoms with E-state index in [9.17, 15) is 18.3 Å². The van der Waals surface area contributed by atoms with Crippen molar-refractivity contribution in [3.63, 3.8) is 0 Å². The molecule has 1 fully saturated rings. The summed E-state index contributed by atoms with van der Waals surface area (Å²) in [4.78, 5) is 0. The zero-order chi connectivity index (χ0) is 13.3. The quantitative estimate of drug-likeness (QED) is 0.827. The minimum Gasteiger partial charge on any atom is -0.506 e. The number of hydrogen-bond acceptors (Lipinski definition) is 2. The molecule has 0 spiro atoms. The van der Waals surface area contributed by atoms with Crippen molar-refractivity contribution in [1.82, 2.24) is 5.32 Å². The van der Waals surface area contributed by atoms with Gasteiger partial charge in [-0.15, -0.1) is 0 Å². The van der Waals surface area contributed by atoms with Crippen molar-refractivity contribution in [1.29, 1.82) is 0 Å². The Morgan fingerprint density at radius 3 is 2.61 bits per heavy atom. The number of alkyl halides is 3. The number of benzene rings is 1. The summed E-state index contributed by atoms with van der Waals surface area (Å²) in [5, 5.41) is 13.0. The maximum Gasteiger partial charge on any atom is 0.416 e. The molecule has 0 radical (unpaired) electrons. The summed E-state index contributed by atoms with van der Waals surface area (Å²) in [5.41, 5.74) is -0.364. The Balaban J connectivity index is 2.42. The van der Waals surface area contributed by atoms with Crippen LogP contribution in [0.3, 0.4) is 0 Å². The average Bonchev–Trinajstić information content (AvgIpc) is 2.32. The fourth-order valence-corrected chi connectivity index (χ4v) is 2.69. The second-order valence-electron chi connectivity index (χ2n) is 4.44. The molecular weight excluding hydrogens is 311 g/mol. The first kappa shape index (κ1) is 13.7. The molecule has 1 heterocycles. The normalized spacial score (nSPS) is 21.0. The number of rotatable bonds is 1. The molecule has 1 atom stereocenters. The van der Waals surface area contributed by atoms with Crippen LogP contribution < -0.4 is 5.32 Å². The monoisotopic (exact) mass is 323 g/mol. The fourth-order valence-electron chi connectivity index (χ4n) is 2.21. The highest BCUT2D eigenvalue weighted by atomic mass is 79.9. The lowest BCUT2D eigenvalue weighted by Crippen LogP contribution is -2.28. The molecule has 100 valence electrons. The van der Waals surface area contributed by atoms with E-state index in [1.54, 1.807) is 0 Å². The lowest BCUT2D eigenvalue weighted by atomic mass is 9.90. The fraction of sp³-hybridized carbons (Fsp3) is 0.500. The maximum atomic E-state index is 12.7. The largest absolute Gasteiger partial charge is 0.506 e. The molecule has 2 N–H and O–H groups in total. The molecule has 2 rings (SSSR count). The van der Waals surface area contributed by atoms with Crippen molar-refractivity contribution < 1.29 is 18.3 Å². The van der Waals surface area contributed by atoms with E-state index in [0.29, 0.717) is 12.1 Å². The van der Waals surface area contributed by atoms with E-state index in [4.69, 9.17) is 0 Å². The molecular formula is C12H13BrF3NO. The molecule has 18 heavy (non-hydrogen) atoms. The molecule has 1 aliphatic rings. The Morgan fingerprint density at radius 2 is 2.06 bits per heavy atom. The van der Waals surface area contributed by atoms with Crippen LogP contribution in [0.15, 0.2) is 16.6 Å². The molecule has 1 saturated heterocycles. The van der Waals surface area contributed by atoms with Crippen LogP contribution in [0.4, 0.5) is 13.2 Å². The van der Waals surface area contributed by atoms with Crippen LogP contribution in [0.1, 0.15) is 29.9 Å². The molecule has 0 aromatic heterocycles. The highest BCUT2D eigenvalue weighted by molar-refractivity contribution is 9.10. The number of aromatic hydroxyl groups is 1. The summed E-state index contributed by atoms with van der Waals surface area (Å²) in [6, 6.07) is 1.97. The summed E-state index contributed by atoms with van der Waals surface area (Å²) in [5.74, 6) is -0.158. The second-order valence-corrected chi connectivity index (χ2v) is 5.29. The van der Waals surface area contributed by atoms with Crippen LogP contribution in [0.25, 0.3) is 0 Å². The van der Waals surface area contributed by atoms with E-state index in [-0.39, 0.29) is 16.1 Å². The molecule has 0 saturated carbocycles. The molecule has 1 aromatic carbocycles. The van der Waals surface area contributed by atoms with Gasteiger partial charge in [0.1, 0.15) is 5.75 Å². The van der Waals surface area contributed by atoms with Gasteiger partial charge in [0.25, 0.3) is 0 Å². The Labute approximate surface area is 111 Å². The number of nitrogens with one attached hydrogen (secondary N) is 1. The van der Waals surface area contributed by atoms with Crippen molar-refractivity contribution in [3.05, 3.63) is 27.7 Å². The van der Waals surface area contributed by atoms with E-state index in [1.807, 2.05) is 0 Å². The van der Waals surface area contributed by atoms with Gasteiger partial charge in [-0.25, -0.2) is 0 Å². The third-order valence-corrected chi connectivity index (χ3v) is 3.76. The van der Waals surface area contributed by atoms with E-state index in [1.165, 1.54) is 0 Å². The standard InChI is InChI=1S/C12H13BrF3NO/c13-10-5-8(12(14,15)16)4-9(11(10)18)7-2-1-3-17-6-7/h4-5,7,17-18H,1-3,6H2. The average molecular weight is 324 g/mol.